The van der Waals surface area contributed by atoms with E-state index in [2.05, 4.69) is 16.9 Å². The molecule has 1 heterocycles. The number of rotatable bonds is 8. The Kier molecular flexibility index (Phi) is 15.1. The highest BCUT2D eigenvalue weighted by molar-refractivity contribution is 7.86. The number of hydrogen-bond donors (Lipinski definition) is 4. The minimum atomic E-state index is -4.67. The van der Waals surface area contributed by atoms with Crippen LogP contribution in [-0.4, -0.2) is 45.7 Å². The minimum Gasteiger partial charge on any atom is -0.351 e. The molecule has 24 heavy (non-hydrogen) atoms. The summed E-state index contributed by atoms with van der Waals surface area (Å²) in [6.45, 7) is 3.72. The molecule has 0 saturated heterocycles. The second-order valence-corrected chi connectivity index (χ2v) is 7.82. The lowest BCUT2D eigenvalue weighted by Crippen LogP contribution is -2.16. The van der Waals surface area contributed by atoms with E-state index in [1.165, 1.54) is 25.7 Å². The molecule has 1 aromatic heterocycles. The molecular weight excluding hydrogens is 360 g/mol. The highest BCUT2D eigenvalue weighted by Crippen LogP contribution is 2.11. The van der Waals surface area contributed by atoms with E-state index in [0.29, 0.717) is 6.42 Å². The first-order valence-corrected chi connectivity index (χ1v) is 10.5. The first-order chi connectivity index (χ1) is 11.0. The predicted octanol–water partition coefficient (Wildman–Crippen LogP) is 2.77. The third kappa shape index (κ3) is 25.9. The van der Waals surface area contributed by atoms with Gasteiger partial charge in [-0.1, -0.05) is 45.4 Å². The van der Waals surface area contributed by atoms with E-state index in [1.54, 1.807) is 25.6 Å². The van der Waals surface area contributed by atoms with E-state index < -0.39 is 25.8 Å². The van der Waals surface area contributed by atoms with E-state index in [-0.39, 0.29) is 0 Å². The molecule has 0 radical (unpaired) electrons. The summed E-state index contributed by atoms with van der Waals surface area (Å²) >= 11 is 0. The number of unbranched alkanes of at least 4 members (excludes halogenated alkanes) is 5. The molecule has 0 fully saturated rings. The van der Waals surface area contributed by atoms with Crippen molar-refractivity contribution in [2.75, 3.05) is 0 Å². The van der Waals surface area contributed by atoms with Gasteiger partial charge in [0.2, 0.25) is 0 Å². The van der Waals surface area contributed by atoms with Crippen molar-refractivity contribution in [3.63, 3.8) is 0 Å². The first-order valence-electron chi connectivity index (χ1n) is 7.57. The van der Waals surface area contributed by atoms with Gasteiger partial charge in [0, 0.05) is 12.4 Å². The summed E-state index contributed by atoms with van der Waals surface area (Å²) in [5.74, 6) is 0. The molecule has 4 N–H and O–H groups in total. The maximum absolute atomic E-state index is 10.7. The molecular formula is C13H28N2O7S2. The molecule has 1 atom stereocenters. The number of hydrogen-bond acceptors (Lipinski definition) is 5. The topological polar surface area (TPSA) is 158 Å². The SMILES string of the molecule is CCCCCCCCC(C)S(=O)(=O)O.O=S(=O)(O)O.c1c[nH]cn1. The summed E-state index contributed by atoms with van der Waals surface area (Å²) in [6.07, 6.45) is 12.5. The van der Waals surface area contributed by atoms with E-state index in [4.69, 9.17) is 22.1 Å². The second kappa shape index (κ2) is 14.3. The van der Waals surface area contributed by atoms with Crippen LogP contribution in [0.3, 0.4) is 0 Å². The van der Waals surface area contributed by atoms with Crippen LogP contribution in [0.2, 0.25) is 0 Å². The van der Waals surface area contributed by atoms with Crippen LogP contribution >= 0.6 is 0 Å². The van der Waals surface area contributed by atoms with Gasteiger partial charge in [-0.05, 0) is 13.3 Å². The van der Waals surface area contributed by atoms with Gasteiger partial charge in [-0.15, -0.1) is 0 Å². The Morgan fingerprint density at radius 1 is 1.00 bits per heavy atom. The molecule has 11 heteroatoms. The smallest absolute Gasteiger partial charge is 0.351 e. The largest absolute Gasteiger partial charge is 0.394 e. The van der Waals surface area contributed by atoms with Gasteiger partial charge in [0.25, 0.3) is 10.1 Å². The van der Waals surface area contributed by atoms with Gasteiger partial charge in [0.1, 0.15) is 0 Å². The molecule has 144 valence electrons. The summed E-state index contributed by atoms with van der Waals surface area (Å²) in [7, 11) is -8.47. The van der Waals surface area contributed by atoms with Gasteiger partial charge in [-0.2, -0.15) is 16.8 Å². The predicted molar refractivity (Wildman–Crippen MR) is 91.8 cm³/mol. The van der Waals surface area contributed by atoms with Crippen molar-refractivity contribution in [1.82, 2.24) is 9.97 Å². The van der Waals surface area contributed by atoms with Crippen LogP contribution in [0.5, 0.6) is 0 Å². The zero-order chi connectivity index (χ0) is 19.1. The van der Waals surface area contributed by atoms with Gasteiger partial charge in [0.15, 0.2) is 0 Å². The maximum Gasteiger partial charge on any atom is 0.394 e. The number of imidazole rings is 1. The monoisotopic (exact) mass is 388 g/mol. The summed E-state index contributed by atoms with van der Waals surface area (Å²) in [6, 6.07) is 0. The fourth-order valence-corrected chi connectivity index (χ4v) is 2.04. The maximum atomic E-state index is 10.7. The summed E-state index contributed by atoms with van der Waals surface area (Å²) < 4.78 is 61.6. The molecule has 0 bridgehead atoms. The van der Waals surface area contributed by atoms with Crippen LogP contribution in [0.25, 0.3) is 0 Å². The summed E-state index contributed by atoms with van der Waals surface area (Å²) in [5.41, 5.74) is 0. The number of aromatic amines is 1. The number of H-pyrrole nitrogens is 1. The summed E-state index contributed by atoms with van der Waals surface area (Å²) in [5, 5.41) is -0.603. The van der Waals surface area contributed by atoms with E-state index >= 15 is 0 Å². The second-order valence-electron chi connectivity index (χ2n) is 5.09. The Morgan fingerprint density at radius 2 is 1.50 bits per heavy atom. The van der Waals surface area contributed by atoms with Crippen molar-refractivity contribution >= 4 is 20.5 Å². The third-order valence-electron chi connectivity index (χ3n) is 2.88. The zero-order valence-corrected chi connectivity index (χ0v) is 15.6. The van der Waals surface area contributed by atoms with Gasteiger partial charge >= 0.3 is 10.4 Å². The average Bonchev–Trinajstić information content (AvgIpc) is 2.98. The molecule has 0 amide bonds. The Morgan fingerprint density at radius 3 is 1.83 bits per heavy atom. The van der Waals surface area contributed by atoms with Gasteiger partial charge in [-0.3, -0.25) is 13.7 Å². The Balaban J connectivity index is 0. The van der Waals surface area contributed by atoms with Crippen molar-refractivity contribution in [2.24, 2.45) is 0 Å². The van der Waals surface area contributed by atoms with Gasteiger partial charge in [-0.25, -0.2) is 4.98 Å². The first kappa shape index (κ1) is 25.2. The highest BCUT2D eigenvalue weighted by atomic mass is 32.3. The quantitative estimate of drug-likeness (QED) is 0.391. The Bertz CT molecular complexity index is 546. The lowest BCUT2D eigenvalue weighted by Gasteiger charge is -2.06. The van der Waals surface area contributed by atoms with E-state index in [0.717, 1.165) is 12.8 Å². The van der Waals surface area contributed by atoms with Crippen molar-refractivity contribution in [1.29, 1.82) is 0 Å². The van der Waals surface area contributed by atoms with E-state index in [1.807, 2.05) is 0 Å². The average molecular weight is 389 g/mol. The Labute approximate surface area is 144 Å². The van der Waals surface area contributed by atoms with Gasteiger partial charge < -0.3 is 4.98 Å². The molecule has 1 aromatic rings. The fraction of sp³-hybridized carbons (Fsp3) is 0.769. The lowest BCUT2D eigenvalue weighted by atomic mass is 10.1. The molecule has 0 aliphatic carbocycles. The van der Waals surface area contributed by atoms with Crippen molar-refractivity contribution in [3.05, 3.63) is 18.7 Å². The van der Waals surface area contributed by atoms with Crippen molar-refractivity contribution < 1.29 is 30.5 Å². The fourth-order valence-electron chi connectivity index (χ4n) is 1.58. The molecule has 1 rings (SSSR count). The summed E-state index contributed by atoms with van der Waals surface area (Å²) in [4.78, 5) is 6.42. The molecule has 0 saturated carbocycles. The highest BCUT2D eigenvalue weighted by Gasteiger charge is 2.15. The van der Waals surface area contributed by atoms with Crippen LogP contribution in [0.1, 0.15) is 58.8 Å². The van der Waals surface area contributed by atoms with Crippen LogP contribution < -0.4 is 0 Å². The van der Waals surface area contributed by atoms with Crippen LogP contribution in [0, 0.1) is 0 Å². The number of nitrogens with one attached hydrogen (secondary N) is 1. The molecule has 0 aromatic carbocycles. The van der Waals surface area contributed by atoms with Crippen molar-refractivity contribution in [3.8, 4) is 0 Å². The molecule has 0 aliphatic heterocycles. The van der Waals surface area contributed by atoms with Gasteiger partial charge in [0.05, 0.1) is 11.6 Å². The van der Waals surface area contributed by atoms with Crippen LogP contribution in [0.15, 0.2) is 18.7 Å². The zero-order valence-electron chi connectivity index (χ0n) is 14.0. The van der Waals surface area contributed by atoms with Crippen LogP contribution in [0.4, 0.5) is 0 Å². The molecule has 9 nitrogen and oxygen atoms in total. The molecule has 0 spiro atoms. The standard InChI is InChI=1S/C10H22O3S.C3H4N2.H2O4S/c1-3-4-5-6-7-8-9-10(2)14(11,12)13;1-2-5-3-4-1;1-5(2,3)4/h10H,3-9H2,1-2H3,(H,11,12,13);1-3H,(H,4,5);(H2,1,2,3,4). The van der Waals surface area contributed by atoms with Crippen molar-refractivity contribution in [2.45, 2.75) is 64.0 Å². The third-order valence-corrected chi connectivity index (χ3v) is 4.13. The minimum absolute atomic E-state index is 0.574. The Hall–Kier alpha value is -1.01. The number of aromatic nitrogens is 2. The molecule has 1 unspecified atom stereocenters. The number of nitrogens with zero attached hydrogens (tertiary/aromatic N) is 1. The van der Waals surface area contributed by atoms with E-state index in [9.17, 15) is 8.42 Å². The van der Waals surface area contributed by atoms with Crippen LogP contribution in [-0.2, 0) is 20.5 Å². The molecule has 0 aliphatic rings. The normalized spacial score (nSPS) is 12.4. The lowest BCUT2D eigenvalue weighted by molar-refractivity contribution is 0.381.